The van der Waals surface area contributed by atoms with Gasteiger partial charge < -0.3 is 0 Å². The third-order valence-electron chi connectivity index (χ3n) is 27.3. The summed E-state index contributed by atoms with van der Waals surface area (Å²) in [5.41, 5.74) is 3.11. The molecule has 0 aliphatic heterocycles. The zero-order chi connectivity index (χ0) is 95.1. The van der Waals surface area contributed by atoms with Crippen LogP contribution in [0.5, 0.6) is 0 Å². The number of thioether (sulfide) groups is 10. The molecule has 0 aromatic heterocycles. The Hall–Kier alpha value is 3.50. The average molecular weight is 2210 g/mol. The van der Waals surface area contributed by atoms with Crippen molar-refractivity contribution in [3.63, 3.8) is 0 Å². The predicted octanol–water partition coefficient (Wildman–Crippen LogP) is 54.5. The van der Waals surface area contributed by atoms with Crippen molar-refractivity contribution < 1.29 is 0 Å². The van der Waals surface area contributed by atoms with E-state index in [0.717, 1.165) is 130 Å². The van der Waals surface area contributed by atoms with Gasteiger partial charge in [0, 0.05) is 34.9 Å². The predicted molar refractivity (Wildman–Crippen MR) is 735 cm³/mol. The minimum Gasteiger partial charge on any atom is -0.151 e. The molecule has 0 radical (unpaired) electrons. The van der Waals surface area contributed by atoms with E-state index in [0.29, 0.717) is 42.0 Å². The molecule has 0 heterocycles. The molecule has 6 atom stereocenters. The fraction of sp³-hybridized carbons (Fsp3) is 1.00. The minimum absolute atomic E-state index is 0. The Morgan fingerprint density at radius 1 is 0.177 bits per heavy atom. The molecule has 141 heavy (non-hydrogen) atoms. The highest BCUT2D eigenvalue weighted by atomic mass is 32.2. The van der Waals surface area contributed by atoms with E-state index in [-0.39, 0.29) is 149 Å². The Bertz CT molecular complexity index is 2100. The van der Waals surface area contributed by atoms with E-state index in [1.54, 1.807) is 0 Å². The summed E-state index contributed by atoms with van der Waals surface area (Å²) < 4.78 is 0.953. The monoisotopic (exact) mass is 2210 g/mol. The topological polar surface area (TPSA) is 0 Å². The molecule has 0 amide bonds. The molecule has 0 aromatic rings. The fourth-order valence-corrected chi connectivity index (χ4v) is 36.7. The maximum absolute atomic E-state index is 2.49. The fourth-order valence-electron chi connectivity index (χ4n) is 20.2. The van der Waals surface area contributed by atoms with E-state index in [4.69, 9.17) is 0 Å². The van der Waals surface area contributed by atoms with Gasteiger partial charge in [-0.1, -0.05) is 481 Å². The van der Waals surface area contributed by atoms with E-state index in [1.807, 2.05) is 0 Å². The SMILES string of the molecule is C.C.C.C.C.C.C.C.C.C.C.C.C.C.C.C.C.C.C.C.CC(C)CC(C)(CSCSCC(C)(CC(C)C)C(C)C)C(C)C.CC(C)CC(CSCSCC(CC(C)C)C(C)C)C(C)C.CCC(CC(C)C)(CC(C)C)SCSC(CC)(CC(C)C)CC(C)C.CCC(CSCSCC(CC)(CC(C)C)C(C)C)(CC(C)C)C(C)C.CCC(CSCSCC(CC)(CC(C)C)CC(C)C)(CC(C)C)CC(C)C. The molecule has 0 nitrogen and oxygen atoms in total. The number of hydrogen-bond acceptors (Lipinski definition) is 10. The second-order valence-corrected chi connectivity index (χ2v) is 61.0. The minimum atomic E-state index is 0. The van der Waals surface area contributed by atoms with Crippen molar-refractivity contribution in [2.75, 3.05) is 71.4 Å². The smallest absolute Gasteiger partial charge is 0.0403 e. The van der Waals surface area contributed by atoms with Crippen molar-refractivity contribution in [1.82, 2.24) is 0 Å². The van der Waals surface area contributed by atoms with Gasteiger partial charge in [0.15, 0.2) is 0 Å². The Morgan fingerprint density at radius 2 is 0.369 bits per heavy atom. The summed E-state index contributed by atoms with van der Waals surface area (Å²) in [5, 5.41) is 6.33. The van der Waals surface area contributed by atoms with Crippen LogP contribution in [0.4, 0.5) is 0 Å². The van der Waals surface area contributed by atoms with Gasteiger partial charge in [-0.05, 0) is 337 Å². The molecule has 10 heteroatoms. The lowest BCUT2D eigenvalue weighted by atomic mass is 9.71. The normalized spacial score (nSPS) is 13.4. The van der Waals surface area contributed by atoms with Crippen LogP contribution in [0.2, 0.25) is 0 Å². The zero-order valence-electron chi connectivity index (χ0n) is 92.1. The van der Waals surface area contributed by atoms with E-state index >= 15 is 0 Å². The second kappa shape index (κ2) is 113. The lowest BCUT2D eigenvalue weighted by Gasteiger charge is -2.39. The molecule has 0 bridgehead atoms. The van der Waals surface area contributed by atoms with E-state index in [2.05, 4.69) is 450 Å². The van der Waals surface area contributed by atoms with Crippen LogP contribution in [0.3, 0.4) is 0 Å². The molecule has 0 aliphatic carbocycles. The van der Waals surface area contributed by atoms with Crippen LogP contribution < -0.4 is 0 Å². The van der Waals surface area contributed by atoms with Crippen molar-refractivity contribution in [2.24, 2.45) is 163 Å². The Kier molecular flexibility index (Phi) is 167. The Morgan fingerprint density at radius 3 is 0.525 bits per heavy atom. The summed E-state index contributed by atoms with van der Waals surface area (Å²) in [6.45, 7) is 115. The molecule has 0 rings (SSSR count). The van der Waals surface area contributed by atoms with Crippen LogP contribution in [0.25, 0.3) is 0 Å². The van der Waals surface area contributed by atoms with Crippen molar-refractivity contribution in [2.45, 2.75) is 619 Å². The molecular formula is C131H312S10. The van der Waals surface area contributed by atoms with Gasteiger partial charge in [0.1, 0.15) is 0 Å². The number of rotatable bonds is 68. The molecule has 6 unspecified atom stereocenters. The molecule has 0 saturated carbocycles. The zero-order valence-corrected chi connectivity index (χ0v) is 100. The van der Waals surface area contributed by atoms with Crippen molar-refractivity contribution in [3.8, 4) is 0 Å². The van der Waals surface area contributed by atoms with Crippen LogP contribution >= 0.6 is 118 Å². The van der Waals surface area contributed by atoms with Gasteiger partial charge in [0.25, 0.3) is 0 Å². The van der Waals surface area contributed by atoms with E-state index in [1.165, 1.54) is 200 Å². The van der Waals surface area contributed by atoms with Gasteiger partial charge >= 0.3 is 0 Å². The lowest BCUT2D eigenvalue weighted by Crippen LogP contribution is -2.32. The molecule has 0 aromatic carbocycles. The maximum Gasteiger partial charge on any atom is 0.0403 e. The third kappa shape index (κ3) is 102. The summed E-state index contributed by atoms with van der Waals surface area (Å²) in [4.78, 5) is 0. The highest BCUT2D eigenvalue weighted by molar-refractivity contribution is 8.18. The molecule has 0 saturated heterocycles. The molecule has 0 fully saturated rings. The Balaban J connectivity index is -0.0000000502. The first-order chi connectivity index (χ1) is 55.7. The quantitative estimate of drug-likeness (QED) is 0.0425. The highest BCUT2D eigenvalue weighted by Crippen LogP contribution is 2.51. The molecule has 0 N–H and O–H groups in total. The molecule has 0 spiro atoms. The van der Waals surface area contributed by atoms with E-state index < -0.39 is 0 Å². The van der Waals surface area contributed by atoms with Crippen molar-refractivity contribution in [3.05, 3.63) is 0 Å². The van der Waals surface area contributed by atoms with Gasteiger partial charge in [0.2, 0.25) is 0 Å². The molecular weight excluding hydrogens is 1890 g/mol. The van der Waals surface area contributed by atoms with Crippen molar-refractivity contribution in [1.29, 1.82) is 0 Å². The summed E-state index contributed by atoms with van der Waals surface area (Å²) in [5.74, 6) is 28.5. The van der Waals surface area contributed by atoms with Crippen LogP contribution in [-0.2, 0) is 0 Å². The van der Waals surface area contributed by atoms with Crippen LogP contribution in [0.15, 0.2) is 0 Å². The largest absolute Gasteiger partial charge is 0.151 e. The summed E-state index contributed by atoms with van der Waals surface area (Å²) in [6.07, 6.45) is 27.1. The van der Waals surface area contributed by atoms with E-state index in [9.17, 15) is 0 Å². The second-order valence-electron chi connectivity index (χ2n) is 48.3. The first-order valence-electron chi connectivity index (χ1n) is 51.6. The van der Waals surface area contributed by atoms with Gasteiger partial charge in [-0.15, -0.1) is 23.5 Å². The van der Waals surface area contributed by atoms with Gasteiger partial charge in [0.05, 0.1) is 0 Å². The first-order valence-corrected chi connectivity index (χ1v) is 62.8. The highest BCUT2D eigenvalue weighted by Gasteiger charge is 2.39. The summed E-state index contributed by atoms with van der Waals surface area (Å²) >= 11 is 22.1. The third-order valence-corrected chi connectivity index (χ3v) is 42.2. The molecule has 896 valence electrons. The van der Waals surface area contributed by atoms with Crippen LogP contribution in [0, 0.1) is 163 Å². The van der Waals surface area contributed by atoms with Crippen LogP contribution in [-0.4, -0.2) is 80.9 Å². The van der Waals surface area contributed by atoms with Crippen molar-refractivity contribution >= 4 is 118 Å². The summed E-state index contributed by atoms with van der Waals surface area (Å²) in [6, 6.07) is 0. The van der Waals surface area contributed by atoms with Gasteiger partial charge in [-0.3, -0.25) is 0 Å². The first kappa shape index (κ1) is 208. The van der Waals surface area contributed by atoms with Gasteiger partial charge in [-0.2, -0.15) is 94.1 Å². The number of hydrogen-bond donors (Lipinski definition) is 0. The Labute approximate surface area is 962 Å². The molecule has 0 aliphatic rings. The lowest BCUT2D eigenvalue weighted by molar-refractivity contribution is 0.171. The van der Waals surface area contributed by atoms with Gasteiger partial charge in [-0.25, -0.2) is 0 Å². The maximum atomic E-state index is 2.49. The average Bonchev–Trinajstić information content (AvgIpc) is 0.832. The standard InChI is InChI=1S/C25H52S2.2C23H48S2.C21H44S2.C19H40S2.20CH4/c1-11-24(13-20(3)4,14-21(5)6)17-26-19-27-18-25(12-2,15-22(7)8)16-23(9)10;1-11-22(20(7)8,13-18(3)4)15-24-17-25-16-23(12-2,21(9)10)14-19(5)6;1-11-22(13-18(3)4,14-19(5)6)24-17-25-23(12-2,15-20(7)8)16-21(9)10;1-16(2)11-20(9,18(5)6)13-22-15-23-14-21(10,19(7)8)12-17(3)4;1-14(2)9-18(16(5)6)11-20-13-21-12-19(17(7)8)10-15(3)4;;;;;;;;;;;;;;;;;;;;/h20-23H,11-19H2,1-10H3;2*18-21H,11-17H2,1-10H3;16-19H,11-15H2,1-10H3;14-19H,9-13H2,1-8H3;20*1H4. The summed E-state index contributed by atoms with van der Waals surface area (Å²) in [7, 11) is 0. The van der Waals surface area contributed by atoms with Crippen LogP contribution in [0.1, 0.15) is 609 Å².